The maximum atomic E-state index is 14.7. The van der Waals surface area contributed by atoms with Crippen LogP contribution in [0.3, 0.4) is 0 Å². The van der Waals surface area contributed by atoms with Crippen molar-refractivity contribution >= 4 is 55.7 Å². The molecule has 2 aromatic heterocycles. The SMILES string of the molecule is Cc1ncsc1-c1ccc([C@H](CO[Si](C)(C)C(C)(C)C)NC(=O)[C@H]2C[C@@H](O[Si](C)(C)C(C)(C)C)CN2C(=O)C(c2cc(OCCBr)no2)C(C)C)cc1. The second-order valence-electron chi connectivity index (χ2n) is 17.6. The first kappa shape index (κ1) is 43.4. The largest absolute Gasteiger partial charge is 0.475 e. The first-order chi connectivity index (χ1) is 24.6. The molecule has 4 atom stereocenters. The van der Waals surface area contributed by atoms with Crippen molar-refractivity contribution in [3.63, 3.8) is 0 Å². The van der Waals surface area contributed by atoms with Gasteiger partial charge in [0.1, 0.15) is 12.0 Å². The number of aromatic nitrogens is 2. The van der Waals surface area contributed by atoms with Crippen molar-refractivity contribution in [2.45, 2.75) is 129 Å². The minimum atomic E-state index is -2.23. The van der Waals surface area contributed by atoms with E-state index in [9.17, 15) is 9.59 Å². The van der Waals surface area contributed by atoms with Gasteiger partial charge in [0.15, 0.2) is 22.4 Å². The summed E-state index contributed by atoms with van der Waals surface area (Å²) in [7, 11) is -4.40. The van der Waals surface area contributed by atoms with Crippen LogP contribution in [0.2, 0.25) is 36.3 Å². The van der Waals surface area contributed by atoms with Gasteiger partial charge >= 0.3 is 0 Å². The zero-order chi connectivity index (χ0) is 39.5. The topological polar surface area (TPSA) is 116 Å². The smallest absolute Gasteiger partial charge is 0.254 e. The molecule has 1 fully saturated rings. The van der Waals surface area contributed by atoms with E-state index in [0.717, 1.165) is 21.7 Å². The Morgan fingerprint density at radius 2 is 1.70 bits per heavy atom. The van der Waals surface area contributed by atoms with Crippen LogP contribution >= 0.6 is 27.3 Å². The van der Waals surface area contributed by atoms with Crippen LogP contribution in [0, 0.1) is 12.8 Å². The number of amides is 2. The monoisotopic (exact) mass is 848 g/mol. The molecule has 0 saturated carbocycles. The van der Waals surface area contributed by atoms with Crippen LogP contribution in [-0.2, 0) is 18.4 Å². The summed E-state index contributed by atoms with van der Waals surface area (Å²) in [5.41, 5.74) is 4.86. The number of benzene rings is 1. The number of carbonyl (C=O) groups is 2. The van der Waals surface area contributed by atoms with Crippen LogP contribution in [0.1, 0.15) is 90.8 Å². The van der Waals surface area contributed by atoms with E-state index in [1.165, 1.54) is 0 Å². The van der Waals surface area contributed by atoms with Crippen LogP contribution in [0.15, 0.2) is 40.4 Å². The molecule has 0 bridgehead atoms. The lowest BCUT2D eigenvalue weighted by Crippen LogP contribution is -2.50. The molecule has 1 unspecified atom stereocenters. The van der Waals surface area contributed by atoms with E-state index in [2.05, 4.69) is 123 Å². The van der Waals surface area contributed by atoms with Crippen LogP contribution in [0.25, 0.3) is 10.4 Å². The van der Waals surface area contributed by atoms with Crippen molar-refractivity contribution in [2.24, 2.45) is 5.92 Å². The van der Waals surface area contributed by atoms with Crippen molar-refractivity contribution < 1.29 is 27.7 Å². The van der Waals surface area contributed by atoms with E-state index in [1.54, 1.807) is 22.3 Å². The van der Waals surface area contributed by atoms with Gasteiger partial charge in [-0.1, -0.05) is 95.6 Å². The lowest BCUT2D eigenvalue weighted by atomic mass is 9.91. The van der Waals surface area contributed by atoms with E-state index < -0.39 is 34.6 Å². The van der Waals surface area contributed by atoms with E-state index in [4.69, 9.17) is 18.1 Å². The van der Waals surface area contributed by atoms with Crippen LogP contribution in [0.5, 0.6) is 5.88 Å². The molecule has 1 N–H and O–H groups in total. The number of aryl methyl sites for hydroxylation is 1. The van der Waals surface area contributed by atoms with Crippen molar-refractivity contribution in [2.75, 3.05) is 25.1 Å². The minimum absolute atomic E-state index is 0.0101. The van der Waals surface area contributed by atoms with Crippen LogP contribution in [-0.4, -0.2) is 80.7 Å². The predicted molar refractivity (Wildman–Crippen MR) is 222 cm³/mol. The fourth-order valence-corrected chi connectivity index (χ4v) is 9.30. The summed E-state index contributed by atoms with van der Waals surface area (Å²) in [6, 6.07) is 8.78. The number of hydrogen-bond donors (Lipinski definition) is 1. The van der Waals surface area contributed by atoms with Gasteiger partial charge in [0.25, 0.3) is 5.88 Å². The average molecular weight is 850 g/mol. The number of thiazole rings is 1. The number of rotatable bonds is 15. The van der Waals surface area contributed by atoms with Gasteiger partial charge in [0.2, 0.25) is 11.8 Å². The lowest BCUT2D eigenvalue weighted by molar-refractivity contribution is -0.141. The first-order valence-corrected chi connectivity index (χ1v) is 26.5. The molecule has 3 aromatic rings. The van der Waals surface area contributed by atoms with Crippen LogP contribution in [0.4, 0.5) is 0 Å². The summed E-state index contributed by atoms with van der Waals surface area (Å²) in [6.45, 7) is 29.1. The Labute approximate surface area is 331 Å². The molecule has 53 heavy (non-hydrogen) atoms. The zero-order valence-electron chi connectivity index (χ0n) is 34.0. The molecule has 1 aliphatic rings. The highest BCUT2D eigenvalue weighted by Crippen LogP contribution is 2.41. The summed E-state index contributed by atoms with van der Waals surface area (Å²) in [5, 5.41) is 8.01. The van der Waals surface area contributed by atoms with Gasteiger partial charge in [-0.15, -0.1) is 11.3 Å². The highest BCUT2D eigenvalue weighted by Gasteiger charge is 2.48. The number of alkyl halides is 1. The number of likely N-dealkylation sites (tertiary alicyclic amines) is 1. The summed E-state index contributed by atoms with van der Waals surface area (Å²) in [6.07, 6.45) is 0.101. The minimum Gasteiger partial charge on any atom is -0.475 e. The standard InChI is InChI=1S/C39H61BrN4O6SSi2/c1-25(2)34(32-21-33(43-49-32)47-19-18-40)37(46)44-22-29(50-53(12,13)39(7,8)9)20-31(44)36(45)42-30(23-48-52(10,11)38(4,5)6)27-14-16-28(17-15-27)35-26(3)41-24-51-35/h14-17,21,24-25,29-31,34H,18-20,22-23H2,1-13H3,(H,42,45)/t29-,30+,31-,34?/m1/s1. The van der Waals surface area contributed by atoms with E-state index in [0.29, 0.717) is 43.1 Å². The molecule has 14 heteroatoms. The van der Waals surface area contributed by atoms with Gasteiger partial charge in [-0.3, -0.25) is 9.59 Å². The maximum absolute atomic E-state index is 14.7. The van der Waals surface area contributed by atoms with E-state index in [-0.39, 0.29) is 33.9 Å². The van der Waals surface area contributed by atoms with E-state index in [1.807, 2.05) is 26.3 Å². The maximum Gasteiger partial charge on any atom is 0.254 e. The van der Waals surface area contributed by atoms with Gasteiger partial charge in [-0.25, -0.2) is 4.98 Å². The van der Waals surface area contributed by atoms with Gasteiger partial charge in [0.05, 0.1) is 41.4 Å². The first-order valence-electron chi connectivity index (χ1n) is 18.6. The molecule has 0 radical (unpaired) electrons. The summed E-state index contributed by atoms with van der Waals surface area (Å²) < 4.78 is 25.0. The molecular weight excluding hydrogens is 789 g/mol. The Hall–Kier alpha value is -2.37. The Kier molecular flexibility index (Phi) is 14.1. The summed E-state index contributed by atoms with van der Waals surface area (Å²) >= 11 is 4.98. The highest BCUT2D eigenvalue weighted by atomic mass is 79.9. The molecule has 10 nitrogen and oxygen atoms in total. The fourth-order valence-electron chi connectivity index (χ4n) is 5.96. The van der Waals surface area contributed by atoms with Gasteiger partial charge in [0, 0.05) is 24.4 Å². The highest BCUT2D eigenvalue weighted by molar-refractivity contribution is 9.09. The predicted octanol–water partition coefficient (Wildman–Crippen LogP) is 9.49. The Morgan fingerprint density at radius 1 is 1.06 bits per heavy atom. The number of nitrogens with zero attached hydrogens (tertiary/aromatic N) is 3. The third-order valence-electron chi connectivity index (χ3n) is 11.2. The van der Waals surface area contributed by atoms with E-state index >= 15 is 0 Å². The molecule has 294 valence electrons. The molecule has 1 aromatic carbocycles. The Morgan fingerprint density at radius 3 is 2.25 bits per heavy atom. The van der Waals surface area contributed by atoms with Crippen molar-refractivity contribution in [3.8, 4) is 16.3 Å². The third kappa shape index (κ3) is 10.5. The number of nitrogens with one attached hydrogen (secondary N) is 1. The number of carbonyl (C=O) groups excluding carboxylic acids is 2. The molecule has 1 saturated heterocycles. The molecule has 3 heterocycles. The van der Waals surface area contributed by atoms with Crippen molar-refractivity contribution in [1.82, 2.24) is 20.4 Å². The molecule has 4 rings (SSSR count). The van der Waals surface area contributed by atoms with Crippen LogP contribution < -0.4 is 10.1 Å². The second-order valence-corrected chi connectivity index (χ2v) is 28.8. The fraction of sp³-hybridized carbons (Fsp3) is 0.641. The number of ether oxygens (including phenoxy) is 1. The lowest BCUT2D eigenvalue weighted by Gasteiger charge is -2.38. The summed E-state index contributed by atoms with van der Waals surface area (Å²) in [5.74, 6) is -0.468. The number of halogens is 1. The number of hydrogen-bond acceptors (Lipinski definition) is 9. The normalized spacial score (nSPS) is 18.4. The Balaban J connectivity index is 1.68. The molecule has 1 aliphatic heterocycles. The molecule has 0 spiro atoms. The molecular formula is C39H61BrN4O6SSi2. The van der Waals surface area contributed by atoms with Crippen molar-refractivity contribution in [1.29, 1.82) is 0 Å². The quantitative estimate of drug-likeness (QED) is 0.119. The average Bonchev–Trinajstić information content (AvgIpc) is 3.81. The third-order valence-corrected chi connectivity index (χ3v) is 21.6. The van der Waals surface area contributed by atoms with Gasteiger partial charge in [-0.05, 0) is 65.4 Å². The molecule has 0 aliphatic carbocycles. The summed E-state index contributed by atoms with van der Waals surface area (Å²) in [4.78, 5) is 36.6. The van der Waals surface area contributed by atoms with Gasteiger partial charge in [-0.2, -0.15) is 0 Å². The van der Waals surface area contributed by atoms with Gasteiger partial charge < -0.3 is 28.3 Å². The van der Waals surface area contributed by atoms with Crippen molar-refractivity contribution in [3.05, 3.63) is 52.9 Å². The molecule has 2 amide bonds. The second kappa shape index (κ2) is 17.2. The zero-order valence-corrected chi connectivity index (χ0v) is 38.4. The Bertz CT molecular complexity index is 1680.